The Kier molecular flexibility index (Phi) is 4.99. The SMILES string of the molecule is O=C(CCC1CCCCC1)NC1c2ccccc2CC1Br. The lowest BCUT2D eigenvalue weighted by atomic mass is 9.86. The second-order valence-electron chi connectivity index (χ2n) is 6.51. The zero-order valence-electron chi connectivity index (χ0n) is 12.5. The van der Waals surface area contributed by atoms with Gasteiger partial charge < -0.3 is 5.32 Å². The summed E-state index contributed by atoms with van der Waals surface area (Å²) in [6.45, 7) is 0. The van der Waals surface area contributed by atoms with Crippen LogP contribution in [0.1, 0.15) is 62.1 Å². The molecule has 2 aliphatic rings. The van der Waals surface area contributed by atoms with Gasteiger partial charge in [0.05, 0.1) is 6.04 Å². The molecule has 1 fully saturated rings. The maximum atomic E-state index is 12.3. The fourth-order valence-corrected chi connectivity index (χ4v) is 4.54. The highest BCUT2D eigenvalue weighted by molar-refractivity contribution is 9.09. The number of nitrogens with one attached hydrogen (secondary N) is 1. The Bertz CT molecular complexity index is 496. The van der Waals surface area contributed by atoms with E-state index < -0.39 is 0 Å². The zero-order chi connectivity index (χ0) is 14.7. The number of carbonyl (C=O) groups is 1. The van der Waals surface area contributed by atoms with Crippen molar-refractivity contribution in [3.05, 3.63) is 35.4 Å². The van der Waals surface area contributed by atoms with Crippen molar-refractivity contribution in [1.82, 2.24) is 5.32 Å². The van der Waals surface area contributed by atoms with Gasteiger partial charge in [0.15, 0.2) is 0 Å². The second-order valence-corrected chi connectivity index (χ2v) is 7.68. The lowest BCUT2D eigenvalue weighted by Crippen LogP contribution is -2.31. The Morgan fingerprint density at radius 1 is 1.19 bits per heavy atom. The molecular formula is C18H24BrNO. The zero-order valence-corrected chi connectivity index (χ0v) is 14.1. The fraction of sp³-hybridized carbons (Fsp3) is 0.611. The number of hydrogen-bond acceptors (Lipinski definition) is 1. The van der Waals surface area contributed by atoms with Gasteiger partial charge in [-0.05, 0) is 29.9 Å². The number of hydrogen-bond donors (Lipinski definition) is 1. The molecule has 1 saturated carbocycles. The summed E-state index contributed by atoms with van der Waals surface area (Å²) in [5.74, 6) is 0.992. The quantitative estimate of drug-likeness (QED) is 0.795. The molecule has 1 amide bonds. The second kappa shape index (κ2) is 6.95. The monoisotopic (exact) mass is 349 g/mol. The van der Waals surface area contributed by atoms with Crippen molar-refractivity contribution in [3.63, 3.8) is 0 Å². The van der Waals surface area contributed by atoms with Crippen LogP contribution in [-0.2, 0) is 11.2 Å². The van der Waals surface area contributed by atoms with Gasteiger partial charge in [0.2, 0.25) is 5.91 Å². The Labute approximate surface area is 135 Å². The van der Waals surface area contributed by atoms with E-state index in [0.717, 1.165) is 18.8 Å². The predicted molar refractivity (Wildman–Crippen MR) is 89.6 cm³/mol. The van der Waals surface area contributed by atoms with Gasteiger partial charge in [0.25, 0.3) is 0 Å². The van der Waals surface area contributed by atoms with Crippen LogP contribution in [0.15, 0.2) is 24.3 Å². The van der Waals surface area contributed by atoms with Crippen molar-refractivity contribution >= 4 is 21.8 Å². The highest BCUT2D eigenvalue weighted by Crippen LogP contribution is 2.36. The van der Waals surface area contributed by atoms with Crippen molar-refractivity contribution in [1.29, 1.82) is 0 Å². The van der Waals surface area contributed by atoms with Crippen LogP contribution in [0.25, 0.3) is 0 Å². The van der Waals surface area contributed by atoms with Gasteiger partial charge in [-0.1, -0.05) is 72.3 Å². The summed E-state index contributed by atoms with van der Waals surface area (Å²) in [5.41, 5.74) is 2.64. The van der Waals surface area contributed by atoms with E-state index in [1.165, 1.54) is 43.2 Å². The number of amides is 1. The van der Waals surface area contributed by atoms with Crippen LogP contribution < -0.4 is 5.32 Å². The van der Waals surface area contributed by atoms with Crippen LogP contribution >= 0.6 is 15.9 Å². The first kappa shape index (κ1) is 15.1. The minimum Gasteiger partial charge on any atom is -0.348 e. The van der Waals surface area contributed by atoms with Crippen LogP contribution in [0.2, 0.25) is 0 Å². The number of benzene rings is 1. The smallest absolute Gasteiger partial charge is 0.220 e. The summed E-state index contributed by atoms with van der Waals surface area (Å²) in [6, 6.07) is 8.58. The van der Waals surface area contributed by atoms with Crippen LogP contribution in [0, 0.1) is 5.92 Å². The topological polar surface area (TPSA) is 29.1 Å². The first-order valence-electron chi connectivity index (χ1n) is 8.25. The molecule has 2 nitrogen and oxygen atoms in total. The van der Waals surface area contributed by atoms with Crippen LogP contribution in [0.3, 0.4) is 0 Å². The minimum absolute atomic E-state index is 0.139. The molecule has 1 N–H and O–H groups in total. The van der Waals surface area contributed by atoms with E-state index in [9.17, 15) is 4.79 Å². The third kappa shape index (κ3) is 3.68. The van der Waals surface area contributed by atoms with Gasteiger partial charge in [-0.15, -0.1) is 0 Å². The summed E-state index contributed by atoms with van der Waals surface area (Å²) >= 11 is 3.73. The van der Waals surface area contributed by atoms with Crippen molar-refractivity contribution in [2.45, 2.75) is 62.2 Å². The molecule has 2 atom stereocenters. The number of carbonyl (C=O) groups excluding carboxylic acids is 1. The van der Waals surface area contributed by atoms with Gasteiger partial charge in [0.1, 0.15) is 0 Å². The van der Waals surface area contributed by atoms with Crippen molar-refractivity contribution in [2.75, 3.05) is 0 Å². The van der Waals surface area contributed by atoms with E-state index in [1.807, 2.05) is 0 Å². The largest absolute Gasteiger partial charge is 0.348 e. The average Bonchev–Trinajstić information content (AvgIpc) is 2.82. The van der Waals surface area contributed by atoms with Gasteiger partial charge in [-0.3, -0.25) is 4.79 Å². The number of fused-ring (bicyclic) bond motifs is 1. The van der Waals surface area contributed by atoms with Crippen LogP contribution in [0.5, 0.6) is 0 Å². The Hall–Kier alpha value is -0.830. The van der Waals surface area contributed by atoms with E-state index in [0.29, 0.717) is 11.2 Å². The lowest BCUT2D eigenvalue weighted by molar-refractivity contribution is -0.122. The third-order valence-corrected chi connectivity index (χ3v) is 5.84. The molecule has 0 heterocycles. The number of rotatable bonds is 4. The summed E-state index contributed by atoms with van der Waals surface area (Å²) in [5, 5.41) is 3.24. The maximum Gasteiger partial charge on any atom is 0.220 e. The summed E-state index contributed by atoms with van der Waals surface area (Å²) in [6.07, 6.45) is 9.48. The Balaban J connectivity index is 1.52. The van der Waals surface area contributed by atoms with E-state index in [2.05, 4.69) is 45.5 Å². The highest BCUT2D eigenvalue weighted by atomic mass is 79.9. The van der Waals surface area contributed by atoms with Crippen molar-refractivity contribution in [3.8, 4) is 0 Å². The molecule has 1 aromatic rings. The molecule has 114 valence electrons. The van der Waals surface area contributed by atoms with E-state index in [-0.39, 0.29) is 11.9 Å². The summed E-state index contributed by atoms with van der Waals surface area (Å²) in [7, 11) is 0. The lowest BCUT2D eigenvalue weighted by Gasteiger charge is -2.22. The van der Waals surface area contributed by atoms with E-state index in [4.69, 9.17) is 0 Å². The third-order valence-electron chi connectivity index (χ3n) is 4.99. The minimum atomic E-state index is 0.139. The van der Waals surface area contributed by atoms with Crippen molar-refractivity contribution in [2.24, 2.45) is 5.92 Å². The molecular weight excluding hydrogens is 326 g/mol. The molecule has 3 rings (SSSR count). The molecule has 0 saturated heterocycles. The average molecular weight is 350 g/mol. The molecule has 3 heteroatoms. The van der Waals surface area contributed by atoms with Crippen LogP contribution in [-0.4, -0.2) is 10.7 Å². The molecule has 0 aliphatic heterocycles. The summed E-state index contributed by atoms with van der Waals surface area (Å²) < 4.78 is 0. The first-order valence-corrected chi connectivity index (χ1v) is 9.17. The summed E-state index contributed by atoms with van der Waals surface area (Å²) in [4.78, 5) is 12.6. The highest BCUT2D eigenvalue weighted by Gasteiger charge is 2.31. The van der Waals surface area contributed by atoms with Gasteiger partial charge in [0, 0.05) is 11.2 Å². The Morgan fingerprint density at radius 2 is 1.95 bits per heavy atom. The van der Waals surface area contributed by atoms with Gasteiger partial charge in [-0.2, -0.15) is 0 Å². The van der Waals surface area contributed by atoms with Gasteiger partial charge in [-0.25, -0.2) is 0 Å². The maximum absolute atomic E-state index is 12.3. The van der Waals surface area contributed by atoms with Gasteiger partial charge >= 0.3 is 0 Å². The first-order chi connectivity index (χ1) is 10.2. The van der Waals surface area contributed by atoms with Crippen LogP contribution in [0.4, 0.5) is 0 Å². The molecule has 0 spiro atoms. The predicted octanol–water partition coefficient (Wildman–Crippen LogP) is 4.52. The molecule has 0 aromatic heterocycles. The van der Waals surface area contributed by atoms with Crippen molar-refractivity contribution < 1.29 is 4.79 Å². The molecule has 2 aliphatic carbocycles. The number of alkyl halides is 1. The molecule has 0 bridgehead atoms. The standard InChI is InChI=1S/C18H24BrNO/c19-16-12-14-8-4-5-9-15(14)18(16)20-17(21)11-10-13-6-2-1-3-7-13/h4-5,8-9,13,16,18H,1-3,6-7,10-12H2,(H,20,21). The Morgan fingerprint density at radius 3 is 2.76 bits per heavy atom. The fourth-order valence-electron chi connectivity index (χ4n) is 3.77. The van der Waals surface area contributed by atoms with E-state index >= 15 is 0 Å². The molecule has 2 unspecified atom stereocenters. The molecule has 21 heavy (non-hydrogen) atoms. The normalized spacial score (nSPS) is 25.6. The molecule has 0 radical (unpaired) electrons. The molecule has 1 aromatic carbocycles. The number of halogens is 1. The van der Waals surface area contributed by atoms with E-state index in [1.54, 1.807) is 0 Å².